The zero-order chi connectivity index (χ0) is 54.0. The van der Waals surface area contributed by atoms with Crippen molar-refractivity contribution in [2.24, 2.45) is 0 Å². The molecular weight excluding hydrogens is 997 g/mol. The van der Waals surface area contributed by atoms with Gasteiger partial charge in [0.25, 0.3) is 0 Å². The van der Waals surface area contributed by atoms with Gasteiger partial charge in [-0.25, -0.2) is 9.59 Å². The molecule has 0 spiro atoms. The van der Waals surface area contributed by atoms with Crippen molar-refractivity contribution < 1.29 is 113 Å². The fourth-order valence-corrected chi connectivity index (χ4v) is 8.38. The molecule has 0 amide bonds. The second kappa shape index (κ2) is 22.6. The number of carbonyl (C=O) groups excluding carboxylic acids is 2. The lowest BCUT2D eigenvalue weighted by Crippen LogP contribution is -2.66. The summed E-state index contributed by atoms with van der Waals surface area (Å²) < 4.78 is 53.2. The van der Waals surface area contributed by atoms with E-state index in [1.54, 1.807) is 0 Å². The number of carbonyl (C=O) groups is 2. The van der Waals surface area contributed by atoms with Crippen LogP contribution in [0.25, 0.3) is 34.4 Å². The Kier molecular flexibility index (Phi) is 16.3. The molecule has 12 N–H and O–H groups in total. The third kappa shape index (κ3) is 12.0. The van der Waals surface area contributed by atoms with Crippen LogP contribution in [0.4, 0.5) is 0 Å². The topological polar surface area (TPSA) is 381 Å². The third-order valence-corrected chi connectivity index (χ3v) is 12.4. The normalized spacial score (nSPS) is 30.1. The van der Waals surface area contributed by atoms with E-state index in [-0.39, 0.29) is 17.1 Å². The first-order valence-electron chi connectivity index (χ1n) is 23.1. The van der Waals surface area contributed by atoms with Gasteiger partial charge in [0.15, 0.2) is 48.2 Å². The van der Waals surface area contributed by atoms with Crippen LogP contribution in [-0.2, 0) is 42.7 Å². The maximum absolute atomic E-state index is 14.6. The average Bonchev–Trinajstić information content (AvgIpc) is 3.37. The van der Waals surface area contributed by atoms with Crippen molar-refractivity contribution in [3.8, 4) is 51.6 Å². The van der Waals surface area contributed by atoms with E-state index in [9.17, 15) is 75.7 Å². The van der Waals surface area contributed by atoms with Crippen molar-refractivity contribution in [1.82, 2.24) is 0 Å². The minimum atomic E-state index is -2.21. The molecule has 0 saturated carbocycles. The summed E-state index contributed by atoms with van der Waals surface area (Å²) in [6, 6.07) is 16.4. The lowest BCUT2D eigenvalue weighted by Gasteiger charge is -2.47. The standard InChI is InChI=1S/C51H52O24/c1-21-37(60)39(62)41(64)49(68-21)67-20-33-46(73-35(59)16-8-24-5-12-27(53)13-6-24)43(66)48(75-50-42(65)40(63)44(22(2)69-50)72-34(58)15-7-23-3-10-26(52)11-4-23)51(71-33)74-47-38(61)36-31(57)18-28(54)19-32(36)70-45(47)25-9-14-29(55)30(56)17-25/h3-19,21-22,33,37,39-44,46,48-57,60,62-66H,20H2,1-2H3/b15-7+,16-8+/t21-,22-,33-,37-,39+,40-,41+,42+,43+,44-,46+,48-,49+,50-,51+/m1/s1. The molecule has 3 aliphatic rings. The van der Waals surface area contributed by atoms with Crippen LogP contribution in [0.3, 0.4) is 0 Å². The first-order valence-corrected chi connectivity index (χ1v) is 23.1. The molecule has 0 radical (unpaired) electrons. The van der Waals surface area contributed by atoms with Crippen LogP contribution in [-0.4, -0.2) is 172 Å². The molecule has 3 aliphatic heterocycles. The summed E-state index contributed by atoms with van der Waals surface area (Å²) >= 11 is 0. The Balaban J connectivity index is 1.17. The molecule has 0 bridgehead atoms. The number of rotatable bonds is 14. The average molecular weight is 1050 g/mol. The number of esters is 2. The summed E-state index contributed by atoms with van der Waals surface area (Å²) in [5, 5.41) is 128. The highest BCUT2D eigenvalue weighted by molar-refractivity contribution is 5.89. The van der Waals surface area contributed by atoms with Gasteiger partial charge in [-0.15, -0.1) is 0 Å². The van der Waals surface area contributed by atoms with Crippen molar-refractivity contribution >= 4 is 35.1 Å². The summed E-state index contributed by atoms with van der Waals surface area (Å²) in [6.45, 7) is 1.89. The van der Waals surface area contributed by atoms with Crippen LogP contribution in [0.2, 0.25) is 0 Å². The molecule has 0 unspecified atom stereocenters. The van der Waals surface area contributed by atoms with E-state index in [4.69, 9.17) is 42.3 Å². The largest absolute Gasteiger partial charge is 0.508 e. The highest BCUT2D eigenvalue weighted by Gasteiger charge is 2.54. The fraction of sp³-hybridized carbons (Fsp3) is 0.353. The number of phenolic OH excluding ortho intramolecular Hbond substituents is 6. The number of aliphatic hydroxyl groups is 6. The van der Waals surface area contributed by atoms with Gasteiger partial charge in [0, 0.05) is 29.8 Å². The van der Waals surface area contributed by atoms with Gasteiger partial charge in [0.2, 0.25) is 17.5 Å². The monoisotopic (exact) mass is 1050 g/mol. The Morgan fingerprint density at radius 3 is 1.76 bits per heavy atom. The molecule has 15 atom stereocenters. The van der Waals surface area contributed by atoms with Gasteiger partial charge in [-0.2, -0.15) is 0 Å². The number of aliphatic hydroxyl groups excluding tert-OH is 6. The summed E-state index contributed by atoms with van der Waals surface area (Å²) in [4.78, 5) is 41.1. The minimum absolute atomic E-state index is 0.0167. The molecule has 75 heavy (non-hydrogen) atoms. The van der Waals surface area contributed by atoms with E-state index in [0.29, 0.717) is 11.1 Å². The number of fused-ring (bicyclic) bond motifs is 1. The number of benzene rings is 4. The molecule has 3 saturated heterocycles. The predicted octanol–water partition coefficient (Wildman–Crippen LogP) is 1.10. The van der Waals surface area contributed by atoms with E-state index in [1.165, 1.54) is 80.6 Å². The second-order valence-corrected chi connectivity index (χ2v) is 17.7. The Morgan fingerprint density at radius 1 is 0.560 bits per heavy atom. The molecule has 0 aliphatic carbocycles. The van der Waals surface area contributed by atoms with Gasteiger partial charge in [-0.1, -0.05) is 24.3 Å². The van der Waals surface area contributed by atoms with Crippen LogP contribution < -0.4 is 10.2 Å². The molecule has 24 nitrogen and oxygen atoms in total. The number of aromatic hydroxyl groups is 6. The first kappa shape index (κ1) is 53.9. The number of hydrogen-bond donors (Lipinski definition) is 12. The van der Waals surface area contributed by atoms with Crippen LogP contribution in [0.1, 0.15) is 25.0 Å². The van der Waals surface area contributed by atoms with Gasteiger partial charge < -0.3 is 104 Å². The lowest BCUT2D eigenvalue weighted by molar-refractivity contribution is -0.360. The molecule has 400 valence electrons. The van der Waals surface area contributed by atoms with Crippen LogP contribution in [0, 0.1) is 0 Å². The maximum Gasteiger partial charge on any atom is 0.331 e. The van der Waals surface area contributed by atoms with Gasteiger partial charge in [0.05, 0.1) is 18.8 Å². The summed E-state index contributed by atoms with van der Waals surface area (Å²) in [6.07, 6.45) is -22.5. The van der Waals surface area contributed by atoms with E-state index in [2.05, 4.69) is 0 Å². The second-order valence-electron chi connectivity index (χ2n) is 17.7. The van der Waals surface area contributed by atoms with Gasteiger partial charge >= 0.3 is 11.9 Å². The van der Waals surface area contributed by atoms with Crippen LogP contribution in [0.15, 0.2) is 100 Å². The van der Waals surface area contributed by atoms with Gasteiger partial charge in [-0.3, -0.25) is 4.79 Å². The molecule has 4 aromatic carbocycles. The van der Waals surface area contributed by atoms with Crippen molar-refractivity contribution in [2.45, 2.75) is 106 Å². The van der Waals surface area contributed by atoms with E-state index in [1.807, 2.05) is 0 Å². The van der Waals surface area contributed by atoms with Crippen molar-refractivity contribution in [3.05, 3.63) is 112 Å². The fourth-order valence-electron chi connectivity index (χ4n) is 8.38. The van der Waals surface area contributed by atoms with Crippen molar-refractivity contribution in [3.63, 3.8) is 0 Å². The molecule has 1 aromatic heterocycles. The zero-order valence-corrected chi connectivity index (χ0v) is 39.4. The third-order valence-electron chi connectivity index (χ3n) is 12.4. The Bertz CT molecular complexity index is 2960. The minimum Gasteiger partial charge on any atom is -0.508 e. The van der Waals surface area contributed by atoms with E-state index in [0.717, 1.165) is 36.4 Å². The van der Waals surface area contributed by atoms with Crippen molar-refractivity contribution in [2.75, 3.05) is 6.61 Å². The lowest BCUT2D eigenvalue weighted by atomic mass is 9.97. The molecule has 5 aromatic rings. The quantitative estimate of drug-likeness (QED) is 0.0421. The van der Waals surface area contributed by atoms with Gasteiger partial charge in [0.1, 0.15) is 76.7 Å². The Hall–Kier alpha value is -7.33. The van der Waals surface area contributed by atoms with Crippen LogP contribution >= 0.6 is 0 Å². The summed E-state index contributed by atoms with van der Waals surface area (Å²) in [5.41, 5.74) is -0.829. The zero-order valence-electron chi connectivity index (χ0n) is 39.4. The maximum atomic E-state index is 14.6. The molecule has 8 rings (SSSR count). The Morgan fingerprint density at radius 2 is 1.15 bits per heavy atom. The van der Waals surface area contributed by atoms with E-state index < -0.39 is 162 Å². The molecular formula is C51H52O24. The summed E-state index contributed by atoms with van der Waals surface area (Å²) in [5.74, 6) is -6.25. The van der Waals surface area contributed by atoms with Crippen LogP contribution in [0.5, 0.6) is 40.2 Å². The van der Waals surface area contributed by atoms with Gasteiger partial charge in [-0.05, 0) is 79.6 Å². The highest BCUT2D eigenvalue weighted by Crippen LogP contribution is 2.41. The van der Waals surface area contributed by atoms with E-state index >= 15 is 0 Å². The predicted molar refractivity (Wildman–Crippen MR) is 253 cm³/mol. The first-order chi connectivity index (χ1) is 35.7. The summed E-state index contributed by atoms with van der Waals surface area (Å²) in [7, 11) is 0. The highest BCUT2D eigenvalue weighted by atomic mass is 16.8. The number of ether oxygens (including phenoxy) is 8. The molecule has 3 fully saturated rings. The Labute approximate surface area is 423 Å². The molecule has 24 heteroatoms. The SMILES string of the molecule is C[C@H]1O[C@H](OC[C@H]2O[C@@H](Oc3c(-c4ccc(O)c(O)c4)oc4cc(O)cc(O)c4c3=O)[C@H](O[C@H]3O[C@H](C)[C@@H](OC(=O)/C=C/c4ccc(O)cc4)[C@H](O)[C@@H]3O)[C@@H](O)[C@H]2OC(=O)/C=C/c2ccc(O)cc2)[C@@H](O)[C@@H](O)[C@@H]1O. The number of phenols is 6. The van der Waals surface area contributed by atoms with Crippen molar-refractivity contribution in [1.29, 1.82) is 0 Å². The smallest absolute Gasteiger partial charge is 0.331 e. The number of hydrogen-bond acceptors (Lipinski definition) is 24. The molecule has 4 heterocycles.